The van der Waals surface area contributed by atoms with Crippen molar-refractivity contribution < 1.29 is 158 Å². The van der Waals surface area contributed by atoms with Crippen LogP contribution in [0, 0.1) is 0 Å². The molecule has 1 aromatic carbocycles. The smallest absolute Gasteiger partial charge is 0.414 e. The van der Waals surface area contributed by atoms with Gasteiger partial charge >= 0.3 is 95.5 Å². The molecule has 0 aliphatic heterocycles. The molecule has 0 heterocycles. The van der Waals surface area contributed by atoms with Crippen LogP contribution in [0.5, 0.6) is 0 Å². The quantitative estimate of drug-likeness (QED) is 0.0359. The van der Waals surface area contributed by atoms with E-state index in [2.05, 4.69) is 0 Å². The Morgan fingerprint density at radius 2 is 0.471 bits per heavy atom. The van der Waals surface area contributed by atoms with Gasteiger partial charge in [0.25, 0.3) is 0 Å². The molecule has 0 bridgehead atoms. The third kappa shape index (κ3) is 87.7. The molecule has 0 atom stereocenters. The molecule has 0 amide bonds. The summed E-state index contributed by atoms with van der Waals surface area (Å²) in [6.07, 6.45) is 1.94. The van der Waals surface area contributed by atoms with Gasteiger partial charge in [-0.15, -0.1) is 0 Å². The minimum atomic E-state index is -1.82. The average molecular weight is 989 g/mol. The molecule has 380 valence electrons. The number of benzene rings is 1. The molecule has 32 nitrogen and oxygen atoms in total. The third-order valence-electron chi connectivity index (χ3n) is 4.97. The van der Waals surface area contributed by atoms with Crippen LogP contribution in [-0.2, 0) is 67.1 Å². The van der Waals surface area contributed by atoms with E-state index in [1.165, 1.54) is 24.3 Å². The van der Waals surface area contributed by atoms with Crippen molar-refractivity contribution >= 4 is 95.5 Å². The van der Waals surface area contributed by atoms with Crippen LogP contribution in [0.4, 0.5) is 0 Å². The van der Waals surface area contributed by atoms with Crippen LogP contribution >= 0.6 is 0 Å². The molecule has 0 radical (unpaired) electrons. The Kier molecular flexibility index (Phi) is 49.9. The number of unbranched alkanes of at least 4 members (excludes halogenated alkanes) is 1. The van der Waals surface area contributed by atoms with Crippen molar-refractivity contribution in [3.63, 3.8) is 0 Å². The van der Waals surface area contributed by atoms with E-state index in [0.717, 1.165) is 0 Å². The summed E-state index contributed by atoms with van der Waals surface area (Å²) in [4.78, 5) is 155. The Morgan fingerprint density at radius 3 is 0.588 bits per heavy atom. The maximum absolute atomic E-state index is 10.3. The first-order valence-electron chi connectivity index (χ1n) is 17.1. The van der Waals surface area contributed by atoms with Crippen molar-refractivity contribution in [2.24, 2.45) is 0 Å². The molecule has 0 fully saturated rings. The molecule has 32 heteroatoms. The van der Waals surface area contributed by atoms with Crippen LogP contribution in [0.25, 0.3) is 0 Å². The van der Waals surface area contributed by atoms with Crippen molar-refractivity contribution in [3.8, 4) is 0 Å². The van der Waals surface area contributed by atoms with E-state index in [0.29, 0.717) is 37.1 Å². The van der Waals surface area contributed by atoms with Crippen LogP contribution in [0.3, 0.4) is 0 Å². The SMILES string of the molecule is O=C(O)/C=C/C(=O)O.O=C(O)/C=C\C(=O)O.O=C(O)C(=O)O.O=C(O)CC(=O)O.O=C(O)CCC(=O)O.O=C(O)CCCC(=O)O.O=C(O)CCCCC(=O)O.O=C(O)c1ccc(C(=O)O)cc1. The standard InChI is InChI=1S/C8H6O4.C6H10O4.C5H8O4.C4H6O4.2C4H4O4.C3H4O4.C2H2O4/c9-7(10)5-1-2-6(4-3-5)8(11)12;7-5(8)3-1-2-4-6(9)10;6-4(7)2-1-3-5(8)9;3*5-3(6)1-2-4(7)8;4-2(5)1-3(6)7;3-1(4)2(5)6/h1-4H,(H,9,10)(H,11,12);1-4H2,(H,7,8)(H,9,10);1-3H2,(H,6,7)(H,8,9);1-2H2,(H,5,6)(H,7,8);2*1-2H,(H,5,6)(H,7,8);1H2,(H,4,5)(H,6,7);(H,3,4)(H,5,6)/b;;;;2-1+;2-1-;;. The highest BCUT2D eigenvalue weighted by molar-refractivity contribution is 6.27. The van der Waals surface area contributed by atoms with Gasteiger partial charge in [0.15, 0.2) is 0 Å². The maximum Gasteiger partial charge on any atom is 0.414 e. The van der Waals surface area contributed by atoms with Gasteiger partial charge in [0, 0.05) is 50.0 Å². The van der Waals surface area contributed by atoms with Crippen LogP contribution in [-0.4, -0.2) is 177 Å². The van der Waals surface area contributed by atoms with E-state index in [9.17, 15) is 67.1 Å². The number of carboxylic acids is 16. The highest BCUT2D eigenvalue weighted by Crippen LogP contribution is 2.04. The Morgan fingerprint density at radius 1 is 0.279 bits per heavy atom. The highest BCUT2D eigenvalue weighted by atomic mass is 16.4. The van der Waals surface area contributed by atoms with Gasteiger partial charge in [0.05, 0.1) is 24.0 Å². The Hall–Kier alpha value is -9.78. The summed E-state index contributed by atoms with van der Waals surface area (Å²) >= 11 is 0. The number of hydrogen-bond acceptors (Lipinski definition) is 16. The van der Waals surface area contributed by atoms with Crippen molar-refractivity contribution in [1.29, 1.82) is 0 Å². The van der Waals surface area contributed by atoms with Gasteiger partial charge in [-0.3, -0.25) is 38.4 Å². The number of aliphatic carboxylic acids is 14. The van der Waals surface area contributed by atoms with Gasteiger partial charge < -0.3 is 81.7 Å². The number of aromatic carboxylic acids is 2. The lowest BCUT2D eigenvalue weighted by molar-refractivity contribution is -0.159. The van der Waals surface area contributed by atoms with E-state index in [-0.39, 0.29) is 56.1 Å². The van der Waals surface area contributed by atoms with Crippen molar-refractivity contribution in [1.82, 2.24) is 0 Å². The zero-order chi connectivity index (χ0) is 55.1. The normalized spacial score (nSPS) is 8.88. The summed E-state index contributed by atoms with van der Waals surface area (Å²) in [7, 11) is 0. The summed E-state index contributed by atoms with van der Waals surface area (Å²) in [6.45, 7) is 0. The molecule has 0 aliphatic rings. The lowest BCUT2D eigenvalue weighted by Gasteiger charge is -1.94. The lowest BCUT2D eigenvalue weighted by Crippen LogP contribution is -2.09. The van der Waals surface area contributed by atoms with Gasteiger partial charge in [-0.05, 0) is 43.5 Å². The zero-order valence-electron chi connectivity index (χ0n) is 34.4. The van der Waals surface area contributed by atoms with Gasteiger partial charge in [0.1, 0.15) is 6.42 Å². The number of carboxylic acid groups (broad SMARTS) is 16. The highest BCUT2D eigenvalue weighted by Gasteiger charge is 2.06. The lowest BCUT2D eigenvalue weighted by atomic mass is 10.1. The molecule has 0 unspecified atom stereocenters. The maximum atomic E-state index is 10.3. The van der Waals surface area contributed by atoms with E-state index in [4.69, 9.17) is 91.3 Å². The summed E-state index contributed by atoms with van der Waals surface area (Å²) in [5.74, 6) is -19.2. The monoisotopic (exact) mass is 988 g/mol. The molecular weight excluding hydrogens is 944 g/mol. The van der Waals surface area contributed by atoms with Crippen molar-refractivity contribution in [2.45, 2.75) is 64.2 Å². The topological polar surface area (TPSA) is 597 Å². The minimum Gasteiger partial charge on any atom is -0.481 e. The fourth-order valence-corrected chi connectivity index (χ4v) is 2.33. The second-order valence-corrected chi connectivity index (χ2v) is 10.7. The summed E-state index contributed by atoms with van der Waals surface area (Å²) < 4.78 is 0. The van der Waals surface area contributed by atoms with Crippen LogP contribution in [0.1, 0.15) is 84.9 Å². The summed E-state index contributed by atoms with van der Waals surface area (Å²) in [5.41, 5.74) is 0.167. The molecule has 1 rings (SSSR count). The summed E-state index contributed by atoms with van der Waals surface area (Å²) in [6, 6.07) is 5.02. The molecule has 16 N–H and O–H groups in total. The average Bonchev–Trinajstić information content (AvgIpc) is 3.18. The first kappa shape index (κ1) is 72.7. The van der Waals surface area contributed by atoms with Gasteiger partial charge in [0.2, 0.25) is 0 Å². The third-order valence-corrected chi connectivity index (χ3v) is 4.97. The molecule has 0 aromatic heterocycles. The molecule has 1 aromatic rings. The first-order valence-corrected chi connectivity index (χ1v) is 17.1. The molecule has 0 saturated carbocycles. The molecule has 0 aliphatic carbocycles. The van der Waals surface area contributed by atoms with Crippen LogP contribution in [0.2, 0.25) is 0 Å². The van der Waals surface area contributed by atoms with E-state index >= 15 is 0 Å². The second kappa shape index (κ2) is 46.7. The summed E-state index contributed by atoms with van der Waals surface area (Å²) in [5, 5.41) is 126. The molecule has 68 heavy (non-hydrogen) atoms. The number of hydrogen-bond donors (Lipinski definition) is 16. The van der Waals surface area contributed by atoms with Crippen molar-refractivity contribution in [2.75, 3.05) is 0 Å². The fourth-order valence-electron chi connectivity index (χ4n) is 2.33. The Balaban J connectivity index is -0.000000126. The largest absolute Gasteiger partial charge is 0.481 e. The van der Waals surface area contributed by atoms with Gasteiger partial charge in [-0.2, -0.15) is 0 Å². The number of carbonyl (C=O) groups is 16. The minimum absolute atomic E-state index is 0.0628. The van der Waals surface area contributed by atoms with Crippen LogP contribution < -0.4 is 0 Å². The van der Waals surface area contributed by atoms with E-state index in [1.54, 1.807) is 0 Å². The molecular formula is C36H44O32. The molecule has 0 spiro atoms. The molecule has 0 saturated heterocycles. The van der Waals surface area contributed by atoms with E-state index in [1.807, 2.05) is 0 Å². The fraction of sp³-hybridized carbons (Fsp3) is 0.278. The Bertz CT molecular complexity index is 1750. The van der Waals surface area contributed by atoms with Gasteiger partial charge in [-0.1, -0.05) is 0 Å². The van der Waals surface area contributed by atoms with Crippen LogP contribution in [0.15, 0.2) is 48.6 Å². The predicted molar refractivity (Wildman–Crippen MR) is 212 cm³/mol. The Labute approximate surface area is 377 Å². The zero-order valence-corrected chi connectivity index (χ0v) is 34.4. The number of rotatable bonds is 20. The second-order valence-electron chi connectivity index (χ2n) is 10.7. The predicted octanol–water partition coefficient (Wildman–Crippen LogP) is 0.186. The first-order chi connectivity index (χ1) is 31.0. The van der Waals surface area contributed by atoms with E-state index < -0.39 is 102 Å². The van der Waals surface area contributed by atoms with Gasteiger partial charge in [-0.25, -0.2) is 38.4 Å². The van der Waals surface area contributed by atoms with Crippen molar-refractivity contribution in [3.05, 3.63) is 59.7 Å².